The maximum absolute atomic E-state index is 10.2. The number of nitroso groups, excluding NO2 is 1. The van der Waals surface area contributed by atoms with E-state index in [-0.39, 0.29) is 11.4 Å². The van der Waals surface area contributed by atoms with E-state index < -0.39 is 0 Å². The van der Waals surface area contributed by atoms with Crippen LogP contribution in [-0.4, -0.2) is 11.4 Å². The number of diazo groups is 1. The van der Waals surface area contributed by atoms with E-state index >= 15 is 0 Å². The predicted octanol–water partition coefficient (Wildman–Crippen LogP) is 1.58. The molecule has 0 aliphatic carbocycles. The third-order valence-corrected chi connectivity index (χ3v) is 0.997. The minimum Gasteiger partial charge on any atom is -0.0626 e. The molecule has 0 saturated carbocycles. The van der Waals surface area contributed by atoms with Gasteiger partial charge in [-0.15, -0.1) is 0 Å². The van der Waals surface area contributed by atoms with Gasteiger partial charge in [-0.3, -0.25) is 0 Å². The fourth-order valence-electron chi connectivity index (χ4n) is 0.413. The van der Waals surface area contributed by atoms with Gasteiger partial charge < -0.3 is 0 Å². The lowest BCUT2D eigenvalue weighted by atomic mass is 10.1. The maximum Gasteiger partial charge on any atom is 0.617 e. The van der Waals surface area contributed by atoms with E-state index in [9.17, 15) is 4.91 Å². The summed E-state index contributed by atoms with van der Waals surface area (Å²) in [4.78, 5) is 10.5. The quantitative estimate of drug-likeness (QED) is 0.330. The van der Waals surface area contributed by atoms with Gasteiger partial charge in [0.25, 0.3) is 0 Å². The van der Waals surface area contributed by atoms with Crippen molar-refractivity contribution >= 4 is 0 Å². The van der Waals surface area contributed by atoms with E-state index in [1.54, 1.807) is 0 Å². The van der Waals surface area contributed by atoms with Crippen molar-refractivity contribution < 1.29 is 4.87 Å². The van der Waals surface area contributed by atoms with E-state index in [1.807, 2.05) is 13.8 Å². The first-order chi connectivity index (χ1) is 4.16. The lowest BCUT2D eigenvalue weighted by molar-refractivity contribution is -0.490. The molecule has 4 heteroatoms. The standard InChI is InChI=1S/C5H11N3O/c1-5(2)3-4-8(9)7-6/h5H,3-4H2,1-2H3/q+2. The summed E-state index contributed by atoms with van der Waals surface area (Å²) < 4.78 is 0. The molecule has 0 N–H and O–H groups in total. The summed E-state index contributed by atoms with van der Waals surface area (Å²) in [6.45, 7) is 4.28. The molecule has 0 unspecified atom stereocenters. The van der Waals surface area contributed by atoms with E-state index in [2.05, 4.69) is 5.08 Å². The number of nitrogens with zero attached hydrogens (tertiary/aromatic N) is 3. The summed E-state index contributed by atoms with van der Waals surface area (Å²) in [7, 11) is 0. The fraction of sp³-hybridized carbons (Fsp3) is 1.00. The molecule has 0 aliphatic rings. The first-order valence-electron chi connectivity index (χ1n) is 2.96. The largest absolute Gasteiger partial charge is 0.617 e. The molecule has 0 aromatic heterocycles. The highest BCUT2D eigenvalue weighted by molar-refractivity contribution is 4.40. The van der Waals surface area contributed by atoms with Crippen molar-refractivity contribution in [2.45, 2.75) is 20.3 Å². The van der Waals surface area contributed by atoms with Crippen molar-refractivity contribution in [3.63, 3.8) is 0 Å². The molecule has 0 aromatic rings. The Morgan fingerprint density at radius 1 is 1.67 bits per heavy atom. The highest BCUT2D eigenvalue weighted by atomic mass is 16.3. The zero-order valence-electron chi connectivity index (χ0n) is 5.74. The Bertz CT molecular complexity index is 136. The second-order valence-electron chi connectivity index (χ2n) is 2.35. The molecule has 50 valence electrons. The normalized spacial score (nSPS) is 9.11. The van der Waals surface area contributed by atoms with Crippen LogP contribution in [0, 0.1) is 16.2 Å². The molecule has 0 saturated heterocycles. The van der Waals surface area contributed by atoms with Crippen LogP contribution in [0.25, 0.3) is 5.08 Å². The van der Waals surface area contributed by atoms with E-state index in [4.69, 9.17) is 5.39 Å². The maximum atomic E-state index is 10.2. The first-order valence-corrected chi connectivity index (χ1v) is 2.96. The van der Waals surface area contributed by atoms with Crippen LogP contribution in [0.3, 0.4) is 0 Å². The summed E-state index contributed by atoms with van der Waals surface area (Å²) in [5.74, 6) is 0.475. The van der Waals surface area contributed by atoms with Crippen molar-refractivity contribution in [2.24, 2.45) is 5.92 Å². The molecule has 0 aliphatic heterocycles. The summed E-state index contributed by atoms with van der Waals surface area (Å²) >= 11 is 0. The van der Waals surface area contributed by atoms with E-state index in [0.717, 1.165) is 6.42 Å². The molecule has 0 radical (unpaired) electrons. The van der Waals surface area contributed by atoms with E-state index in [1.165, 1.54) is 0 Å². The summed E-state index contributed by atoms with van der Waals surface area (Å²) in [6, 6.07) is 0. The van der Waals surface area contributed by atoms with Crippen LogP contribution in [0.4, 0.5) is 0 Å². The molecular formula is C5H11N3O+2. The Morgan fingerprint density at radius 2 is 2.22 bits per heavy atom. The third-order valence-electron chi connectivity index (χ3n) is 0.997. The Kier molecular flexibility index (Phi) is 3.52. The van der Waals surface area contributed by atoms with Crippen LogP contribution in [-0.2, 0) is 0 Å². The summed E-state index contributed by atoms with van der Waals surface area (Å²) in [5, 5.41) is 10.3. The monoisotopic (exact) mass is 129 g/mol. The number of hydrogen-bond donors (Lipinski definition) is 0. The Hall–Kier alpha value is -0.980. The van der Waals surface area contributed by atoms with Crippen molar-refractivity contribution in [1.29, 1.82) is 5.39 Å². The predicted molar refractivity (Wildman–Crippen MR) is 33.0 cm³/mol. The second-order valence-corrected chi connectivity index (χ2v) is 2.35. The number of rotatable bonds is 3. The molecule has 0 spiro atoms. The van der Waals surface area contributed by atoms with Crippen LogP contribution in [0.2, 0.25) is 0 Å². The van der Waals surface area contributed by atoms with Crippen LogP contribution in [0.5, 0.6) is 0 Å². The van der Waals surface area contributed by atoms with Crippen LogP contribution in [0.15, 0.2) is 0 Å². The minimum atomic E-state index is 0.272. The Balaban J connectivity index is 3.31. The second kappa shape index (κ2) is 3.96. The molecule has 0 fully saturated rings. The Morgan fingerprint density at radius 3 is 2.56 bits per heavy atom. The van der Waals surface area contributed by atoms with Gasteiger partial charge in [0, 0.05) is 4.91 Å². The first kappa shape index (κ1) is 8.02. The summed E-state index contributed by atoms with van der Waals surface area (Å²) in [6.07, 6.45) is 0.758. The SMILES string of the molecule is CC(C)CC[N+](=O)[N+]#N. The third kappa shape index (κ3) is 4.88. The molecule has 4 nitrogen and oxygen atoms in total. The average molecular weight is 129 g/mol. The molecule has 0 aromatic carbocycles. The van der Waals surface area contributed by atoms with Crippen molar-refractivity contribution in [1.82, 2.24) is 0 Å². The Labute approximate surface area is 54.0 Å². The van der Waals surface area contributed by atoms with Gasteiger partial charge in [0.1, 0.15) is 0 Å². The highest BCUT2D eigenvalue weighted by Gasteiger charge is 2.15. The molecular weight excluding hydrogens is 118 g/mol. The van der Waals surface area contributed by atoms with Gasteiger partial charge in [0.05, 0.1) is 0 Å². The molecule has 9 heavy (non-hydrogen) atoms. The zero-order valence-corrected chi connectivity index (χ0v) is 5.74. The fourth-order valence-corrected chi connectivity index (χ4v) is 0.413. The van der Waals surface area contributed by atoms with Crippen LogP contribution in [0.1, 0.15) is 20.3 Å². The smallest absolute Gasteiger partial charge is 0.0626 e. The van der Waals surface area contributed by atoms with Crippen molar-refractivity contribution in [3.05, 3.63) is 9.99 Å². The minimum absolute atomic E-state index is 0.272. The van der Waals surface area contributed by atoms with Gasteiger partial charge >= 0.3 is 15.3 Å². The van der Waals surface area contributed by atoms with Crippen LogP contribution >= 0.6 is 0 Å². The molecule has 0 bridgehead atoms. The van der Waals surface area contributed by atoms with Gasteiger partial charge in [-0.1, -0.05) is 13.8 Å². The van der Waals surface area contributed by atoms with Gasteiger partial charge in [-0.2, -0.15) is 0 Å². The molecule has 0 heterocycles. The topological polar surface area (TPSA) is 48.2 Å². The van der Waals surface area contributed by atoms with Gasteiger partial charge in [-0.05, 0) is 12.3 Å². The molecule has 0 amide bonds. The van der Waals surface area contributed by atoms with Gasteiger partial charge in [0.15, 0.2) is 0 Å². The summed E-state index contributed by atoms with van der Waals surface area (Å²) in [5.41, 5.74) is 0. The van der Waals surface area contributed by atoms with E-state index in [0.29, 0.717) is 5.92 Å². The van der Waals surface area contributed by atoms with Crippen LogP contribution < -0.4 is 0 Å². The lowest BCUT2D eigenvalue weighted by Crippen LogP contribution is -2.02. The lowest BCUT2D eigenvalue weighted by Gasteiger charge is -1.92. The highest BCUT2D eigenvalue weighted by Crippen LogP contribution is 1.98. The number of hydrogen-bond acceptors (Lipinski definition) is 2. The average Bonchev–Trinajstić information content (AvgIpc) is 1.83. The van der Waals surface area contributed by atoms with Gasteiger partial charge in [0.2, 0.25) is 6.54 Å². The molecule has 0 atom stereocenters. The van der Waals surface area contributed by atoms with Gasteiger partial charge in [-0.25, -0.2) is 0 Å². The molecule has 0 rings (SSSR count). The van der Waals surface area contributed by atoms with Crippen molar-refractivity contribution in [3.8, 4) is 0 Å². The van der Waals surface area contributed by atoms with Crippen molar-refractivity contribution in [2.75, 3.05) is 6.54 Å². The zero-order chi connectivity index (χ0) is 7.28.